The highest BCUT2D eigenvalue weighted by molar-refractivity contribution is 6.02. The number of ketones is 1. The van der Waals surface area contributed by atoms with Gasteiger partial charge in [0.15, 0.2) is 19.0 Å². The third kappa shape index (κ3) is 6.73. The van der Waals surface area contributed by atoms with Crippen molar-refractivity contribution in [3.05, 3.63) is 59.2 Å². The third-order valence-corrected chi connectivity index (χ3v) is 4.32. The van der Waals surface area contributed by atoms with Crippen LogP contribution in [0.5, 0.6) is 5.75 Å². The third-order valence-electron chi connectivity index (χ3n) is 4.32. The number of aryl methyl sites for hydroxylation is 1. The zero-order valence-electron chi connectivity index (χ0n) is 17.1. The summed E-state index contributed by atoms with van der Waals surface area (Å²) in [6, 6.07) is 11.0. The number of carbonyl (C=O) groups excluding carboxylic acids is 4. The van der Waals surface area contributed by atoms with Gasteiger partial charge in [-0.3, -0.25) is 14.9 Å². The van der Waals surface area contributed by atoms with E-state index in [-0.39, 0.29) is 5.78 Å². The van der Waals surface area contributed by atoms with Crippen LogP contribution in [0.1, 0.15) is 34.8 Å². The molecule has 8 nitrogen and oxygen atoms in total. The van der Waals surface area contributed by atoms with Gasteiger partial charge in [0.1, 0.15) is 5.75 Å². The Hall–Kier alpha value is -3.68. The second-order valence-corrected chi connectivity index (χ2v) is 6.50. The monoisotopic (exact) mass is 412 g/mol. The van der Waals surface area contributed by atoms with Gasteiger partial charge in [0.25, 0.3) is 5.91 Å². The molecule has 2 aromatic rings. The van der Waals surface area contributed by atoms with Crippen molar-refractivity contribution in [2.75, 3.05) is 18.5 Å². The number of hydrogen-bond donors (Lipinski definition) is 2. The molecule has 2 aromatic carbocycles. The van der Waals surface area contributed by atoms with E-state index < -0.39 is 31.1 Å². The van der Waals surface area contributed by atoms with E-state index in [0.29, 0.717) is 23.4 Å². The van der Waals surface area contributed by atoms with Crippen molar-refractivity contribution >= 4 is 29.4 Å². The van der Waals surface area contributed by atoms with Crippen LogP contribution in [0.3, 0.4) is 0 Å². The van der Waals surface area contributed by atoms with Gasteiger partial charge < -0.3 is 14.8 Å². The average Bonchev–Trinajstić information content (AvgIpc) is 2.73. The highest BCUT2D eigenvalue weighted by Gasteiger charge is 2.13. The Labute approximate surface area is 174 Å². The van der Waals surface area contributed by atoms with Gasteiger partial charge in [-0.2, -0.15) is 0 Å². The van der Waals surface area contributed by atoms with Gasteiger partial charge in [-0.1, -0.05) is 19.1 Å². The Morgan fingerprint density at radius 2 is 1.63 bits per heavy atom. The van der Waals surface area contributed by atoms with Crippen molar-refractivity contribution < 1.29 is 28.7 Å². The first-order chi connectivity index (χ1) is 14.3. The molecule has 0 bridgehead atoms. The van der Waals surface area contributed by atoms with Crippen LogP contribution < -0.4 is 15.4 Å². The number of urea groups is 1. The number of anilines is 1. The summed E-state index contributed by atoms with van der Waals surface area (Å²) in [7, 11) is 0. The predicted molar refractivity (Wildman–Crippen MR) is 111 cm³/mol. The van der Waals surface area contributed by atoms with Crippen molar-refractivity contribution in [1.29, 1.82) is 0 Å². The lowest BCUT2D eigenvalue weighted by atomic mass is 10.1. The molecule has 0 aliphatic rings. The SMILES string of the molecule is CCC(=O)c1ccc(OCC(=O)OCC(=O)NC(=O)Nc2cccc(C)c2C)cc1. The highest BCUT2D eigenvalue weighted by Crippen LogP contribution is 2.17. The number of Topliss-reactive ketones (excluding diaryl/α,β-unsaturated/α-hetero) is 1. The Kier molecular flexibility index (Phi) is 8.10. The first-order valence-electron chi connectivity index (χ1n) is 9.39. The van der Waals surface area contributed by atoms with Crippen LogP contribution >= 0.6 is 0 Å². The molecule has 0 spiro atoms. The van der Waals surface area contributed by atoms with Gasteiger partial charge in [-0.25, -0.2) is 9.59 Å². The van der Waals surface area contributed by atoms with E-state index in [9.17, 15) is 19.2 Å². The average molecular weight is 412 g/mol. The van der Waals surface area contributed by atoms with Gasteiger partial charge in [0.2, 0.25) is 0 Å². The van der Waals surface area contributed by atoms with Gasteiger partial charge in [-0.15, -0.1) is 0 Å². The summed E-state index contributed by atoms with van der Waals surface area (Å²) >= 11 is 0. The van der Waals surface area contributed by atoms with Gasteiger partial charge in [0, 0.05) is 17.7 Å². The summed E-state index contributed by atoms with van der Waals surface area (Å²) in [5.74, 6) is -1.15. The number of rotatable bonds is 8. The maximum Gasteiger partial charge on any atom is 0.344 e. The van der Waals surface area contributed by atoms with Gasteiger partial charge >= 0.3 is 12.0 Å². The molecule has 3 amide bonds. The maximum absolute atomic E-state index is 11.9. The molecule has 0 aromatic heterocycles. The van der Waals surface area contributed by atoms with E-state index >= 15 is 0 Å². The molecule has 0 saturated heterocycles. The number of carbonyl (C=O) groups is 4. The largest absolute Gasteiger partial charge is 0.482 e. The fourth-order valence-corrected chi connectivity index (χ4v) is 2.47. The fraction of sp³-hybridized carbons (Fsp3) is 0.273. The Morgan fingerprint density at radius 3 is 2.30 bits per heavy atom. The van der Waals surface area contributed by atoms with E-state index in [1.54, 1.807) is 43.3 Å². The minimum absolute atomic E-state index is 0.00793. The van der Waals surface area contributed by atoms with Gasteiger partial charge in [0.05, 0.1) is 0 Å². The van der Waals surface area contributed by atoms with Gasteiger partial charge in [-0.05, 0) is 55.3 Å². The molecule has 2 rings (SSSR count). The number of amides is 3. The van der Waals surface area contributed by atoms with Crippen molar-refractivity contribution in [3.63, 3.8) is 0 Å². The Morgan fingerprint density at radius 1 is 0.933 bits per heavy atom. The van der Waals surface area contributed by atoms with Crippen LogP contribution in [0.25, 0.3) is 0 Å². The quantitative estimate of drug-likeness (QED) is 0.509. The number of ether oxygens (including phenoxy) is 2. The van der Waals surface area contributed by atoms with Crippen molar-refractivity contribution in [3.8, 4) is 5.75 Å². The number of imide groups is 1. The molecule has 8 heteroatoms. The minimum Gasteiger partial charge on any atom is -0.482 e. The first-order valence-corrected chi connectivity index (χ1v) is 9.39. The second-order valence-electron chi connectivity index (χ2n) is 6.50. The lowest BCUT2D eigenvalue weighted by Gasteiger charge is -2.11. The highest BCUT2D eigenvalue weighted by atomic mass is 16.6. The molecule has 0 atom stereocenters. The summed E-state index contributed by atoms with van der Waals surface area (Å²) in [5, 5.41) is 4.66. The number of benzene rings is 2. The van der Waals surface area contributed by atoms with E-state index in [1.165, 1.54) is 0 Å². The molecule has 0 saturated carbocycles. The smallest absolute Gasteiger partial charge is 0.344 e. The Balaban J connectivity index is 1.72. The molecule has 2 N–H and O–H groups in total. The van der Waals surface area contributed by atoms with E-state index in [4.69, 9.17) is 9.47 Å². The van der Waals surface area contributed by atoms with E-state index in [2.05, 4.69) is 10.6 Å². The zero-order chi connectivity index (χ0) is 22.1. The van der Waals surface area contributed by atoms with Crippen LogP contribution in [0, 0.1) is 13.8 Å². The molecule has 158 valence electrons. The summed E-state index contributed by atoms with van der Waals surface area (Å²) < 4.78 is 10.0. The summed E-state index contributed by atoms with van der Waals surface area (Å²) in [4.78, 5) is 47.0. The number of nitrogens with one attached hydrogen (secondary N) is 2. The number of hydrogen-bond acceptors (Lipinski definition) is 6. The van der Waals surface area contributed by atoms with Crippen LogP contribution in [0.2, 0.25) is 0 Å². The van der Waals surface area contributed by atoms with Crippen molar-refractivity contribution in [2.24, 2.45) is 0 Å². The normalized spacial score (nSPS) is 10.1. The summed E-state index contributed by atoms with van der Waals surface area (Å²) in [6.45, 7) is 4.50. The summed E-state index contributed by atoms with van der Waals surface area (Å²) in [6.07, 6.45) is 0.400. The van der Waals surface area contributed by atoms with E-state index in [0.717, 1.165) is 11.1 Å². The lowest BCUT2D eigenvalue weighted by Crippen LogP contribution is -2.37. The maximum atomic E-state index is 11.9. The molecule has 0 unspecified atom stereocenters. The fourth-order valence-electron chi connectivity index (χ4n) is 2.47. The molecular weight excluding hydrogens is 388 g/mol. The van der Waals surface area contributed by atoms with E-state index in [1.807, 2.05) is 19.9 Å². The van der Waals surface area contributed by atoms with Crippen molar-refractivity contribution in [2.45, 2.75) is 27.2 Å². The molecule has 0 fully saturated rings. The minimum atomic E-state index is -0.770. The Bertz CT molecular complexity index is 937. The lowest BCUT2D eigenvalue weighted by molar-refractivity contribution is -0.150. The second kappa shape index (κ2) is 10.8. The number of esters is 1. The van der Waals surface area contributed by atoms with Crippen LogP contribution in [0.15, 0.2) is 42.5 Å². The molecule has 0 aliphatic heterocycles. The molecule has 0 aliphatic carbocycles. The standard InChI is InChI=1S/C22H24N2O6/c1-4-19(25)16-8-10-17(11-9-16)29-13-21(27)30-12-20(26)24-22(28)23-18-7-5-6-14(2)15(18)3/h5-11H,4,12-13H2,1-3H3,(H2,23,24,26,28). The molecule has 0 heterocycles. The first kappa shape index (κ1) is 22.6. The zero-order valence-corrected chi connectivity index (χ0v) is 17.1. The van der Waals surface area contributed by atoms with Crippen molar-refractivity contribution in [1.82, 2.24) is 5.32 Å². The molecule has 0 radical (unpaired) electrons. The van der Waals surface area contributed by atoms with Crippen LogP contribution in [-0.4, -0.2) is 36.9 Å². The molecule has 30 heavy (non-hydrogen) atoms. The molecular formula is C22H24N2O6. The topological polar surface area (TPSA) is 111 Å². The van der Waals surface area contributed by atoms with Crippen LogP contribution in [-0.2, 0) is 14.3 Å². The summed E-state index contributed by atoms with van der Waals surface area (Å²) in [5.41, 5.74) is 3.02. The van der Waals surface area contributed by atoms with Crippen LogP contribution in [0.4, 0.5) is 10.5 Å². The predicted octanol–water partition coefficient (Wildman–Crippen LogP) is 3.17.